The van der Waals surface area contributed by atoms with E-state index in [9.17, 15) is 0 Å². The van der Waals surface area contributed by atoms with Crippen LogP contribution in [-0.4, -0.2) is 19.5 Å². The fourth-order valence-electron chi connectivity index (χ4n) is 7.48. The largest absolute Gasteiger partial charge is 0.456 e. The third-order valence-corrected chi connectivity index (χ3v) is 9.85. The summed E-state index contributed by atoms with van der Waals surface area (Å²) in [6.45, 7) is 0. The van der Waals surface area contributed by atoms with Crippen LogP contribution in [0.5, 0.6) is 0 Å². The summed E-state index contributed by atoms with van der Waals surface area (Å²) in [6, 6.07) is 53.9. The molecule has 0 saturated carbocycles. The van der Waals surface area contributed by atoms with E-state index in [-0.39, 0.29) is 0 Å². The van der Waals surface area contributed by atoms with Gasteiger partial charge in [-0.05, 0) is 60.7 Å². The highest BCUT2D eigenvalue weighted by molar-refractivity contribution is 6.21. The van der Waals surface area contributed by atoms with Gasteiger partial charge in [-0.1, -0.05) is 97.1 Å². The van der Waals surface area contributed by atoms with Gasteiger partial charge in [0.1, 0.15) is 16.7 Å². The van der Waals surface area contributed by atoms with Crippen LogP contribution < -0.4 is 0 Å². The zero-order chi connectivity index (χ0) is 33.5. The molecule has 0 bridgehead atoms. The van der Waals surface area contributed by atoms with Crippen molar-refractivity contribution in [3.05, 3.63) is 158 Å². The van der Waals surface area contributed by atoms with E-state index in [0.29, 0.717) is 17.5 Å². The Bertz CT molecular complexity index is 3140. The molecule has 0 fully saturated rings. The van der Waals surface area contributed by atoms with Gasteiger partial charge in [0.2, 0.25) is 0 Å². The average molecular weight is 655 g/mol. The van der Waals surface area contributed by atoms with Crippen LogP contribution in [0.2, 0.25) is 0 Å². The van der Waals surface area contributed by atoms with E-state index in [1.54, 1.807) is 0 Å². The third-order valence-electron chi connectivity index (χ3n) is 9.85. The Morgan fingerprint density at radius 3 is 1.78 bits per heavy atom. The average Bonchev–Trinajstić information content (AvgIpc) is 3.87. The van der Waals surface area contributed by atoms with Crippen molar-refractivity contribution < 1.29 is 8.83 Å². The smallest absolute Gasteiger partial charge is 0.164 e. The molecule has 6 heteroatoms. The second-order valence-electron chi connectivity index (χ2n) is 12.8. The molecule has 0 spiro atoms. The first kappa shape index (κ1) is 27.9. The van der Waals surface area contributed by atoms with Crippen LogP contribution in [0.15, 0.2) is 167 Å². The summed E-state index contributed by atoms with van der Waals surface area (Å²) in [5, 5.41) is 6.52. The van der Waals surface area contributed by atoms with Crippen molar-refractivity contribution in [2.24, 2.45) is 0 Å². The summed E-state index contributed by atoms with van der Waals surface area (Å²) in [5.41, 5.74) is 9.22. The van der Waals surface area contributed by atoms with Gasteiger partial charge in [0.05, 0.1) is 11.0 Å². The van der Waals surface area contributed by atoms with Gasteiger partial charge in [-0.15, -0.1) is 0 Å². The maximum Gasteiger partial charge on any atom is 0.164 e. The number of hydrogen-bond donors (Lipinski definition) is 0. The second-order valence-corrected chi connectivity index (χ2v) is 12.8. The van der Waals surface area contributed by atoms with E-state index in [1.165, 1.54) is 5.39 Å². The Kier molecular flexibility index (Phi) is 5.86. The number of aromatic nitrogens is 4. The van der Waals surface area contributed by atoms with Gasteiger partial charge < -0.3 is 13.4 Å². The Labute approximate surface area is 290 Å². The molecule has 7 aromatic carbocycles. The van der Waals surface area contributed by atoms with Crippen LogP contribution in [-0.2, 0) is 0 Å². The number of benzene rings is 7. The first-order valence-corrected chi connectivity index (χ1v) is 16.9. The van der Waals surface area contributed by atoms with E-state index in [1.807, 2.05) is 66.7 Å². The Morgan fingerprint density at radius 1 is 0.373 bits per heavy atom. The topological polar surface area (TPSA) is 69.9 Å². The first-order valence-electron chi connectivity index (χ1n) is 16.9. The van der Waals surface area contributed by atoms with Gasteiger partial charge >= 0.3 is 0 Å². The number of furan rings is 2. The quantitative estimate of drug-likeness (QED) is 0.189. The Balaban J connectivity index is 1.12. The monoisotopic (exact) mass is 654 g/mol. The lowest BCUT2D eigenvalue weighted by Gasteiger charge is -2.08. The molecular formula is C45H26N4O2. The van der Waals surface area contributed by atoms with E-state index in [4.69, 9.17) is 23.8 Å². The van der Waals surface area contributed by atoms with Crippen LogP contribution in [0.4, 0.5) is 0 Å². The number of hydrogen-bond acceptors (Lipinski definition) is 5. The maximum absolute atomic E-state index is 6.83. The number of nitrogens with zero attached hydrogens (tertiary/aromatic N) is 4. The van der Waals surface area contributed by atoms with Crippen LogP contribution in [0, 0.1) is 0 Å². The number of rotatable bonds is 4. The lowest BCUT2D eigenvalue weighted by Crippen LogP contribution is -2.00. The number of para-hydroxylation sites is 3. The summed E-state index contributed by atoms with van der Waals surface area (Å²) in [5.74, 6) is 1.76. The van der Waals surface area contributed by atoms with Crippen LogP contribution in [0.25, 0.3) is 106 Å². The van der Waals surface area contributed by atoms with Crippen molar-refractivity contribution in [2.45, 2.75) is 0 Å². The lowest BCUT2D eigenvalue weighted by molar-refractivity contribution is 0.669. The molecule has 0 amide bonds. The van der Waals surface area contributed by atoms with Crippen LogP contribution in [0.1, 0.15) is 0 Å². The van der Waals surface area contributed by atoms with Gasteiger partial charge in [0.15, 0.2) is 23.1 Å². The predicted molar refractivity (Wildman–Crippen MR) is 205 cm³/mol. The molecule has 4 heterocycles. The Morgan fingerprint density at radius 2 is 0.961 bits per heavy atom. The van der Waals surface area contributed by atoms with E-state index >= 15 is 0 Å². The highest BCUT2D eigenvalue weighted by Gasteiger charge is 2.20. The molecule has 11 rings (SSSR count). The fourth-order valence-corrected chi connectivity index (χ4v) is 7.48. The molecule has 6 nitrogen and oxygen atoms in total. The Hall–Kier alpha value is -7.05. The normalized spacial score (nSPS) is 11.9. The SMILES string of the molecule is c1ccc(-c2nc(-c3ccc4c(c3)oc3c4ccc4c5ccccc5n(-c5ccccc5)c43)nc(-c3ccc4oc5ccccc5c4c3)n2)cc1. The first-order chi connectivity index (χ1) is 25.3. The molecule has 238 valence electrons. The van der Waals surface area contributed by atoms with E-state index in [2.05, 4.69) is 95.6 Å². The van der Waals surface area contributed by atoms with Crippen molar-refractivity contribution in [1.29, 1.82) is 0 Å². The molecule has 0 saturated heterocycles. The molecule has 0 aliphatic carbocycles. The van der Waals surface area contributed by atoms with Crippen molar-refractivity contribution in [3.63, 3.8) is 0 Å². The molecule has 51 heavy (non-hydrogen) atoms. The minimum Gasteiger partial charge on any atom is -0.456 e. The van der Waals surface area contributed by atoms with Crippen molar-refractivity contribution >= 4 is 65.7 Å². The molecule has 0 aliphatic rings. The van der Waals surface area contributed by atoms with Crippen molar-refractivity contribution in [2.75, 3.05) is 0 Å². The van der Waals surface area contributed by atoms with Gasteiger partial charge in [-0.25, -0.2) is 15.0 Å². The van der Waals surface area contributed by atoms with Crippen molar-refractivity contribution in [1.82, 2.24) is 19.5 Å². The zero-order valence-electron chi connectivity index (χ0n) is 27.1. The zero-order valence-corrected chi connectivity index (χ0v) is 27.1. The second kappa shape index (κ2) is 10.7. The fraction of sp³-hybridized carbons (Fsp3) is 0. The van der Waals surface area contributed by atoms with E-state index in [0.717, 1.165) is 82.7 Å². The van der Waals surface area contributed by atoms with Crippen molar-refractivity contribution in [3.8, 4) is 39.9 Å². The highest BCUT2D eigenvalue weighted by Crippen LogP contribution is 2.41. The van der Waals surface area contributed by atoms with Crippen LogP contribution >= 0.6 is 0 Å². The summed E-state index contributed by atoms with van der Waals surface area (Å²) < 4.78 is 15.2. The van der Waals surface area contributed by atoms with Gasteiger partial charge in [0.25, 0.3) is 0 Å². The molecule has 4 aromatic heterocycles. The summed E-state index contributed by atoms with van der Waals surface area (Å²) in [4.78, 5) is 15.1. The minimum atomic E-state index is 0.571. The molecule has 0 atom stereocenters. The lowest BCUT2D eigenvalue weighted by atomic mass is 10.1. The number of fused-ring (bicyclic) bond motifs is 10. The molecular weight excluding hydrogens is 629 g/mol. The van der Waals surface area contributed by atoms with Gasteiger partial charge in [-0.3, -0.25) is 0 Å². The van der Waals surface area contributed by atoms with Gasteiger partial charge in [-0.2, -0.15) is 0 Å². The summed E-state index contributed by atoms with van der Waals surface area (Å²) >= 11 is 0. The maximum atomic E-state index is 6.83. The molecule has 0 radical (unpaired) electrons. The van der Waals surface area contributed by atoms with E-state index < -0.39 is 0 Å². The van der Waals surface area contributed by atoms with Gasteiger partial charge in [0, 0.05) is 54.7 Å². The molecule has 0 N–H and O–H groups in total. The third kappa shape index (κ3) is 4.26. The van der Waals surface area contributed by atoms with Crippen LogP contribution in [0.3, 0.4) is 0 Å². The molecule has 11 aromatic rings. The predicted octanol–water partition coefficient (Wildman–Crippen LogP) is 11.8. The standard InChI is InChI=1S/C45H26N4O2/c1-3-11-27(12-4-1)43-46-44(28-20-24-39-36(25-28)32-16-8-10-18-38(32)50-39)48-45(47-43)29-19-21-33-35-23-22-34-31-15-7-9-17-37(31)49(30-13-5-2-6-14-30)41(34)42(35)51-40(33)26-29/h1-26H. The minimum absolute atomic E-state index is 0.571. The summed E-state index contributed by atoms with van der Waals surface area (Å²) in [7, 11) is 0. The molecule has 0 aliphatic heterocycles. The summed E-state index contributed by atoms with van der Waals surface area (Å²) in [6.07, 6.45) is 0. The highest BCUT2D eigenvalue weighted by atomic mass is 16.3. The molecule has 0 unspecified atom stereocenters.